The first-order valence-electron chi connectivity index (χ1n) is 7.81. The number of benzene rings is 1. The molecule has 1 saturated heterocycles. The van der Waals surface area contributed by atoms with Crippen LogP contribution in [-0.4, -0.2) is 34.1 Å². The minimum Gasteiger partial charge on any atom is -0.333 e. The van der Waals surface area contributed by atoms with E-state index in [0.29, 0.717) is 5.92 Å². The van der Waals surface area contributed by atoms with Crippen molar-refractivity contribution in [1.82, 2.24) is 14.5 Å². The van der Waals surface area contributed by atoms with Gasteiger partial charge in [0.05, 0.1) is 24.3 Å². The third kappa shape index (κ3) is 3.17. The number of imidazole rings is 1. The largest absolute Gasteiger partial charge is 0.333 e. The fraction of sp³-hybridized carbons (Fsp3) is 0.471. The fourth-order valence-electron chi connectivity index (χ4n) is 3.20. The molecule has 1 aromatic heterocycles. The third-order valence-electron chi connectivity index (χ3n) is 4.49. The van der Waals surface area contributed by atoms with Crippen LogP contribution in [0.25, 0.3) is 0 Å². The second-order valence-electron chi connectivity index (χ2n) is 5.91. The van der Waals surface area contributed by atoms with Gasteiger partial charge >= 0.3 is 0 Å². The molecule has 0 spiro atoms. The molecule has 2 heterocycles. The Morgan fingerprint density at radius 1 is 1.33 bits per heavy atom. The Balaban J connectivity index is 1.72. The molecule has 2 unspecified atom stereocenters. The van der Waals surface area contributed by atoms with E-state index in [1.54, 1.807) is 0 Å². The van der Waals surface area contributed by atoms with E-state index in [4.69, 9.17) is 5.73 Å². The zero-order chi connectivity index (χ0) is 14.7. The lowest BCUT2D eigenvalue weighted by Crippen LogP contribution is -2.23. The number of hydrogen-bond acceptors (Lipinski definition) is 3. The average molecular weight is 284 g/mol. The number of likely N-dealkylation sites (tertiary alicyclic amines) is 1. The van der Waals surface area contributed by atoms with E-state index in [-0.39, 0.29) is 6.04 Å². The minimum atomic E-state index is -0.0996. The molecular weight excluding hydrogens is 260 g/mol. The minimum absolute atomic E-state index is 0.0996. The lowest BCUT2D eigenvalue weighted by Gasteiger charge is -2.18. The molecule has 0 radical (unpaired) electrons. The van der Waals surface area contributed by atoms with Gasteiger partial charge in [-0.15, -0.1) is 0 Å². The molecule has 1 fully saturated rings. The summed E-state index contributed by atoms with van der Waals surface area (Å²) in [5, 5.41) is 0. The SMILES string of the molecule is CCN1CCC(Cn2cncc2C(N)c2ccccc2)C1. The third-order valence-corrected chi connectivity index (χ3v) is 4.49. The molecule has 2 atom stereocenters. The van der Waals surface area contributed by atoms with Crippen LogP contribution in [-0.2, 0) is 6.54 Å². The summed E-state index contributed by atoms with van der Waals surface area (Å²) in [6.45, 7) is 6.81. The molecule has 4 heteroatoms. The van der Waals surface area contributed by atoms with Crippen LogP contribution in [0, 0.1) is 5.92 Å². The van der Waals surface area contributed by atoms with Crippen LogP contribution in [0.2, 0.25) is 0 Å². The van der Waals surface area contributed by atoms with E-state index in [2.05, 4.69) is 33.5 Å². The van der Waals surface area contributed by atoms with E-state index in [1.165, 1.54) is 19.5 Å². The smallest absolute Gasteiger partial charge is 0.0948 e. The van der Waals surface area contributed by atoms with Crippen LogP contribution >= 0.6 is 0 Å². The highest BCUT2D eigenvalue weighted by molar-refractivity contribution is 5.26. The van der Waals surface area contributed by atoms with E-state index < -0.39 is 0 Å². The van der Waals surface area contributed by atoms with Crippen LogP contribution < -0.4 is 5.73 Å². The quantitative estimate of drug-likeness (QED) is 0.916. The predicted molar refractivity (Wildman–Crippen MR) is 84.9 cm³/mol. The second kappa shape index (κ2) is 6.41. The van der Waals surface area contributed by atoms with Crippen molar-refractivity contribution in [2.45, 2.75) is 25.9 Å². The number of nitrogens with two attached hydrogens (primary N) is 1. The van der Waals surface area contributed by atoms with Gasteiger partial charge in [-0.3, -0.25) is 0 Å². The number of rotatable bonds is 5. The summed E-state index contributed by atoms with van der Waals surface area (Å²) in [7, 11) is 0. The van der Waals surface area contributed by atoms with Crippen LogP contribution in [0.5, 0.6) is 0 Å². The summed E-state index contributed by atoms with van der Waals surface area (Å²) in [6.07, 6.45) is 5.10. The van der Waals surface area contributed by atoms with Crippen molar-refractivity contribution in [2.24, 2.45) is 11.7 Å². The average Bonchev–Trinajstić information content (AvgIpc) is 3.17. The highest BCUT2D eigenvalue weighted by atomic mass is 15.2. The van der Waals surface area contributed by atoms with Crippen LogP contribution in [0.3, 0.4) is 0 Å². The maximum atomic E-state index is 6.42. The summed E-state index contributed by atoms with van der Waals surface area (Å²) in [5.41, 5.74) is 8.67. The Morgan fingerprint density at radius 3 is 2.86 bits per heavy atom. The Bertz CT molecular complexity index is 563. The highest BCUT2D eigenvalue weighted by Gasteiger charge is 2.23. The van der Waals surface area contributed by atoms with Gasteiger partial charge in [0.25, 0.3) is 0 Å². The van der Waals surface area contributed by atoms with Gasteiger partial charge in [0, 0.05) is 13.1 Å². The number of hydrogen-bond donors (Lipinski definition) is 1. The van der Waals surface area contributed by atoms with Crippen molar-refractivity contribution in [3.8, 4) is 0 Å². The molecular formula is C17H24N4. The van der Waals surface area contributed by atoms with E-state index in [9.17, 15) is 0 Å². The van der Waals surface area contributed by atoms with Crippen molar-refractivity contribution in [1.29, 1.82) is 0 Å². The summed E-state index contributed by atoms with van der Waals surface area (Å²) >= 11 is 0. The van der Waals surface area contributed by atoms with Gasteiger partial charge in [0.2, 0.25) is 0 Å². The van der Waals surface area contributed by atoms with Crippen molar-refractivity contribution in [2.75, 3.05) is 19.6 Å². The molecule has 3 rings (SSSR count). The maximum Gasteiger partial charge on any atom is 0.0948 e. The van der Waals surface area contributed by atoms with Gasteiger partial charge in [-0.1, -0.05) is 37.3 Å². The van der Waals surface area contributed by atoms with Crippen LogP contribution in [0.1, 0.15) is 30.6 Å². The standard InChI is InChI=1S/C17H24N4/c1-2-20-9-8-14(11-20)12-21-13-19-10-16(21)17(18)15-6-4-3-5-7-15/h3-7,10,13-14,17H,2,8-9,11-12,18H2,1H3. The molecule has 4 nitrogen and oxygen atoms in total. The summed E-state index contributed by atoms with van der Waals surface area (Å²) in [5.74, 6) is 0.709. The normalized spacial score (nSPS) is 20.8. The topological polar surface area (TPSA) is 47.1 Å². The van der Waals surface area contributed by atoms with E-state index in [1.807, 2.05) is 30.7 Å². The Kier molecular flexibility index (Phi) is 4.36. The zero-order valence-electron chi connectivity index (χ0n) is 12.7. The summed E-state index contributed by atoms with van der Waals surface area (Å²) in [6, 6.07) is 10.1. The van der Waals surface area contributed by atoms with Crippen molar-refractivity contribution in [3.63, 3.8) is 0 Å². The molecule has 2 N–H and O–H groups in total. The van der Waals surface area contributed by atoms with Gasteiger partial charge in [-0.05, 0) is 31.0 Å². The number of aromatic nitrogens is 2. The van der Waals surface area contributed by atoms with Crippen LogP contribution in [0.4, 0.5) is 0 Å². The summed E-state index contributed by atoms with van der Waals surface area (Å²) < 4.78 is 2.24. The Morgan fingerprint density at radius 2 is 2.14 bits per heavy atom. The molecule has 0 amide bonds. The summed E-state index contributed by atoms with van der Waals surface area (Å²) in [4.78, 5) is 6.83. The van der Waals surface area contributed by atoms with Gasteiger partial charge in [-0.25, -0.2) is 4.98 Å². The first-order chi connectivity index (χ1) is 10.3. The highest BCUT2D eigenvalue weighted by Crippen LogP contribution is 2.23. The van der Waals surface area contributed by atoms with Crippen molar-refractivity contribution < 1.29 is 0 Å². The Hall–Kier alpha value is -1.65. The monoisotopic (exact) mass is 284 g/mol. The molecule has 21 heavy (non-hydrogen) atoms. The van der Waals surface area contributed by atoms with Crippen LogP contribution in [0.15, 0.2) is 42.9 Å². The molecule has 0 bridgehead atoms. The Labute approximate surface area is 126 Å². The van der Waals surface area contributed by atoms with Gasteiger partial charge < -0.3 is 15.2 Å². The first kappa shape index (κ1) is 14.3. The van der Waals surface area contributed by atoms with Gasteiger partial charge in [0.15, 0.2) is 0 Å². The fourth-order valence-corrected chi connectivity index (χ4v) is 3.20. The molecule has 1 aliphatic heterocycles. The maximum absolute atomic E-state index is 6.42. The molecule has 112 valence electrons. The van der Waals surface area contributed by atoms with E-state index >= 15 is 0 Å². The van der Waals surface area contributed by atoms with Gasteiger partial charge in [0.1, 0.15) is 0 Å². The van der Waals surface area contributed by atoms with E-state index in [0.717, 1.165) is 24.3 Å². The second-order valence-corrected chi connectivity index (χ2v) is 5.91. The predicted octanol–water partition coefficient (Wildman–Crippen LogP) is 2.27. The lowest BCUT2D eigenvalue weighted by molar-refractivity contribution is 0.331. The first-order valence-corrected chi connectivity index (χ1v) is 7.81. The molecule has 1 aliphatic rings. The van der Waals surface area contributed by atoms with Crippen molar-refractivity contribution >= 4 is 0 Å². The van der Waals surface area contributed by atoms with Gasteiger partial charge in [-0.2, -0.15) is 0 Å². The molecule has 1 aromatic carbocycles. The van der Waals surface area contributed by atoms with Crippen molar-refractivity contribution in [3.05, 3.63) is 54.1 Å². The molecule has 0 aliphatic carbocycles. The lowest BCUT2D eigenvalue weighted by atomic mass is 10.0. The number of nitrogens with zero attached hydrogens (tertiary/aromatic N) is 3. The molecule has 2 aromatic rings. The molecule has 0 saturated carbocycles. The zero-order valence-corrected chi connectivity index (χ0v) is 12.7.